The predicted octanol–water partition coefficient (Wildman–Crippen LogP) is 13.1. The van der Waals surface area contributed by atoms with E-state index >= 15 is 0 Å². The molecule has 0 bridgehead atoms. The Hall–Kier alpha value is -5.02. The minimum absolute atomic E-state index is 0.294. The van der Waals surface area contributed by atoms with Crippen LogP contribution in [0.3, 0.4) is 0 Å². The highest BCUT2D eigenvalue weighted by Gasteiger charge is 2.37. The van der Waals surface area contributed by atoms with Crippen molar-refractivity contribution in [2.24, 2.45) is 0 Å². The molecule has 0 N–H and O–H groups in total. The minimum atomic E-state index is 0.294. The molecule has 10 rings (SSSR count). The first-order valence-electron chi connectivity index (χ1n) is 16.6. The van der Waals surface area contributed by atoms with Gasteiger partial charge in [-0.3, -0.25) is 0 Å². The number of benzene rings is 8. The average molecular weight is 647 g/mol. The molecule has 1 heterocycles. The SMILES string of the molecule is Sc1c2ccccc2c(-c2ccc3c(c2)SC2C(c4c5ccccc5c(-c5ccccc5)c5ccccc45)=CC=CC32)c2ccccc12. The number of allylic oxidation sites excluding steroid dienone is 3. The molecule has 1 aliphatic heterocycles. The predicted molar refractivity (Wildman–Crippen MR) is 211 cm³/mol. The van der Waals surface area contributed by atoms with Crippen LogP contribution in [0.15, 0.2) is 174 Å². The highest BCUT2D eigenvalue weighted by atomic mass is 32.2. The number of fused-ring (bicyclic) bond motifs is 7. The van der Waals surface area contributed by atoms with Gasteiger partial charge in [0.25, 0.3) is 0 Å². The summed E-state index contributed by atoms with van der Waals surface area (Å²) in [4.78, 5) is 2.42. The van der Waals surface area contributed by atoms with Gasteiger partial charge in [-0.2, -0.15) is 0 Å². The third-order valence-electron chi connectivity index (χ3n) is 10.3. The highest BCUT2D eigenvalue weighted by molar-refractivity contribution is 8.00. The number of hydrogen-bond donors (Lipinski definition) is 1. The molecule has 0 saturated heterocycles. The van der Waals surface area contributed by atoms with Crippen LogP contribution in [0.25, 0.3) is 70.9 Å². The summed E-state index contributed by atoms with van der Waals surface area (Å²) < 4.78 is 0. The Kier molecular flexibility index (Phi) is 6.44. The molecule has 0 nitrogen and oxygen atoms in total. The fraction of sp³-hybridized carbons (Fsp3) is 0.0435. The molecule has 2 aliphatic rings. The summed E-state index contributed by atoms with van der Waals surface area (Å²) in [7, 11) is 0. The fourth-order valence-corrected chi connectivity index (χ4v) is 10.2. The Morgan fingerprint density at radius 1 is 0.458 bits per heavy atom. The maximum absolute atomic E-state index is 5.00. The second-order valence-corrected chi connectivity index (χ2v) is 14.5. The number of thiol groups is 1. The molecule has 1 aliphatic carbocycles. The van der Waals surface area contributed by atoms with Crippen molar-refractivity contribution in [1.82, 2.24) is 0 Å². The van der Waals surface area contributed by atoms with E-state index in [4.69, 9.17) is 12.6 Å². The molecule has 0 amide bonds. The van der Waals surface area contributed by atoms with Crippen LogP contribution in [0.2, 0.25) is 0 Å². The van der Waals surface area contributed by atoms with Crippen LogP contribution in [-0.2, 0) is 0 Å². The highest BCUT2D eigenvalue weighted by Crippen LogP contribution is 2.56. The standard InChI is InChI=1S/C46H30S2/c47-45-37-21-10-8-19-35(37)43(36-20-9-11-22-38(36)45)29-25-26-30-39-23-12-24-40(46(39)48-41(30)27-29)44-33-17-6-4-15-31(33)42(28-13-2-1-3-14-28)32-16-5-7-18-34(32)44/h1-27,39,46-47H. The normalized spacial score (nSPS) is 16.8. The molecule has 226 valence electrons. The third-order valence-corrected chi connectivity index (χ3v) is 12.2. The fourth-order valence-electron chi connectivity index (χ4n) is 8.27. The largest absolute Gasteiger partial charge is 0.142 e. The van der Waals surface area contributed by atoms with Crippen LogP contribution >= 0.6 is 24.4 Å². The van der Waals surface area contributed by atoms with E-state index in [1.807, 2.05) is 11.8 Å². The van der Waals surface area contributed by atoms with Crippen LogP contribution in [-0.4, -0.2) is 5.25 Å². The molecule has 2 unspecified atom stereocenters. The first kappa shape index (κ1) is 28.0. The summed E-state index contributed by atoms with van der Waals surface area (Å²) in [5.41, 5.74) is 9.32. The van der Waals surface area contributed by atoms with Gasteiger partial charge in [0.15, 0.2) is 0 Å². The van der Waals surface area contributed by atoms with Crippen molar-refractivity contribution in [3.8, 4) is 22.3 Å². The molecule has 0 saturated carbocycles. The molecule has 2 atom stereocenters. The second kappa shape index (κ2) is 11.0. The van der Waals surface area contributed by atoms with Crippen molar-refractivity contribution in [2.45, 2.75) is 21.0 Å². The molecule has 0 aromatic heterocycles. The lowest BCUT2D eigenvalue weighted by molar-refractivity contribution is 0.895. The van der Waals surface area contributed by atoms with Crippen LogP contribution in [0, 0.1) is 0 Å². The lowest BCUT2D eigenvalue weighted by atomic mass is 9.80. The van der Waals surface area contributed by atoms with Crippen LogP contribution < -0.4 is 0 Å². The Morgan fingerprint density at radius 2 is 0.938 bits per heavy atom. The van der Waals surface area contributed by atoms with Crippen molar-refractivity contribution in [2.75, 3.05) is 0 Å². The average Bonchev–Trinajstić information content (AvgIpc) is 3.53. The number of rotatable bonds is 3. The van der Waals surface area contributed by atoms with E-state index in [1.54, 1.807) is 0 Å². The van der Waals surface area contributed by atoms with E-state index in [0.29, 0.717) is 11.2 Å². The van der Waals surface area contributed by atoms with Crippen molar-refractivity contribution in [1.29, 1.82) is 0 Å². The maximum Gasteiger partial charge on any atom is 0.0454 e. The van der Waals surface area contributed by atoms with E-state index in [9.17, 15) is 0 Å². The topological polar surface area (TPSA) is 0 Å². The van der Waals surface area contributed by atoms with Gasteiger partial charge in [0.05, 0.1) is 0 Å². The van der Waals surface area contributed by atoms with Crippen molar-refractivity contribution in [3.63, 3.8) is 0 Å². The lowest BCUT2D eigenvalue weighted by Gasteiger charge is -2.26. The van der Waals surface area contributed by atoms with Gasteiger partial charge in [-0.25, -0.2) is 0 Å². The first-order chi connectivity index (χ1) is 23.8. The van der Waals surface area contributed by atoms with Gasteiger partial charge >= 0.3 is 0 Å². The van der Waals surface area contributed by atoms with E-state index < -0.39 is 0 Å². The molecule has 0 fully saturated rings. The summed E-state index contributed by atoms with van der Waals surface area (Å²) in [5, 5.41) is 10.4. The summed E-state index contributed by atoms with van der Waals surface area (Å²) in [6.07, 6.45) is 7.08. The van der Waals surface area contributed by atoms with Gasteiger partial charge in [-0.05, 0) is 88.1 Å². The summed E-state index contributed by atoms with van der Waals surface area (Å²) >= 11 is 7.03. The van der Waals surface area contributed by atoms with Crippen molar-refractivity contribution < 1.29 is 0 Å². The molecule has 8 aromatic rings. The molecule has 0 radical (unpaired) electrons. The molecule has 2 heteroatoms. The smallest absolute Gasteiger partial charge is 0.0454 e. The Balaban J connectivity index is 1.15. The van der Waals surface area contributed by atoms with E-state index in [-0.39, 0.29) is 0 Å². The van der Waals surface area contributed by atoms with E-state index in [1.165, 1.54) is 86.9 Å². The zero-order valence-corrected chi connectivity index (χ0v) is 27.8. The molecule has 48 heavy (non-hydrogen) atoms. The molecule has 8 aromatic carbocycles. The lowest BCUT2D eigenvalue weighted by Crippen LogP contribution is -2.14. The quantitative estimate of drug-likeness (QED) is 0.147. The molecule has 0 spiro atoms. The Morgan fingerprint density at radius 3 is 1.52 bits per heavy atom. The van der Waals surface area contributed by atoms with Crippen molar-refractivity contribution in [3.05, 3.63) is 175 Å². The monoisotopic (exact) mass is 646 g/mol. The second-order valence-electron chi connectivity index (χ2n) is 12.8. The first-order valence-corrected chi connectivity index (χ1v) is 17.9. The van der Waals surface area contributed by atoms with Crippen LogP contribution in [0.5, 0.6) is 0 Å². The van der Waals surface area contributed by atoms with Crippen LogP contribution in [0.4, 0.5) is 0 Å². The Bertz CT molecular complexity index is 2550. The van der Waals surface area contributed by atoms with E-state index in [2.05, 4.69) is 164 Å². The summed E-state index contributed by atoms with van der Waals surface area (Å²) in [5.74, 6) is 0.318. The Labute approximate surface area is 289 Å². The third kappa shape index (κ3) is 4.13. The van der Waals surface area contributed by atoms with Crippen LogP contribution in [0.1, 0.15) is 17.0 Å². The van der Waals surface area contributed by atoms with Gasteiger partial charge < -0.3 is 0 Å². The zero-order valence-electron chi connectivity index (χ0n) is 26.1. The van der Waals surface area contributed by atoms with Gasteiger partial charge in [0, 0.05) is 21.0 Å². The summed E-state index contributed by atoms with van der Waals surface area (Å²) in [6, 6.07) is 53.5. The molecular formula is C46H30S2. The molecular weight excluding hydrogens is 617 g/mol. The maximum atomic E-state index is 5.00. The summed E-state index contributed by atoms with van der Waals surface area (Å²) in [6.45, 7) is 0. The van der Waals surface area contributed by atoms with Crippen molar-refractivity contribution >= 4 is 73.1 Å². The van der Waals surface area contributed by atoms with Gasteiger partial charge in [-0.1, -0.05) is 158 Å². The van der Waals surface area contributed by atoms with Gasteiger partial charge in [-0.15, -0.1) is 24.4 Å². The van der Waals surface area contributed by atoms with E-state index in [0.717, 1.165) is 4.90 Å². The minimum Gasteiger partial charge on any atom is -0.142 e. The number of thioether (sulfide) groups is 1. The van der Waals surface area contributed by atoms with Gasteiger partial charge in [0.2, 0.25) is 0 Å². The zero-order chi connectivity index (χ0) is 31.8. The number of hydrogen-bond acceptors (Lipinski definition) is 2. The van der Waals surface area contributed by atoms with Gasteiger partial charge in [0.1, 0.15) is 0 Å².